The number of ether oxygens (including phenoxy) is 1. The smallest absolute Gasteiger partial charge is 0.310 e. The summed E-state index contributed by atoms with van der Waals surface area (Å²) < 4.78 is 5.48. The fraction of sp³-hybridized carbons (Fsp3) is 0.143. The molecule has 7 heteroatoms. The molecule has 0 atom stereocenters. The summed E-state index contributed by atoms with van der Waals surface area (Å²) in [5, 5.41) is 19.9. The summed E-state index contributed by atoms with van der Waals surface area (Å²) >= 11 is 0. The number of rotatable bonds is 5. The van der Waals surface area contributed by atoms with Crippen LogP contribution >= 0.6 is 0 Å². The number of nitrogens with zero attached hydrogens (tertiary/aromatic N) is 3. The van der Waals surface area contributed by atoms with Crippen molar-refractivity contribution in [2.24, 2.45) is 5.73 Å². The Kier molecular flexibility index (Phi) is 4.43. The van der Waals surface area contributed by atoms with Crippen molar-refractivity contribution in [1.29, 1.82) is 5.26 Å². The monoisotopic (exact) mass is 284 g/mol. The van der Waals surface area contributed by atoms with Crippen molar-refractivity contribution in [1.82, 2.24) is 4.98 Å². The summed E-state index contributed by atoms with van der Waals surface area (Å²) in [6, 6.07) is 9.76. The SMILES string of the molecule is N#Cc1ncccc1COc1cc(CN)ccc1[N+](=O)[O-]. The number of nitriles is 1. The van der Waals surface area contributed by atoms with Gasteiger partial charge in [0, 0.05) is 24.4 Å². The van der Waals surface area contributed by atoms with Crippen LogP contribution in [-0.4, -0.2) is 9.91 Å². The molecule has 21 heavy (non-hydrogen) atoms. The van der Waals surface area contributed by atoms with Gasteiger partial charge in [-0.05, 0) is 17.7 Å². The molecule has 106 valence electrons. The minimum atomic E-state index is -0.524. The van der Waals surface area contributed by atoms with Crippen molar-refractivity contribution in [2.45, 2.75) is 13.2 Å². The molecule has 0 saturated carbocycles. The highest BCUT2D eigenvalue weighted by Crippen LogP contribution is 2.28. The van der Waals surface area contributed by atoms with E-state index in [1.54, 1.807) is 18.2 Å². The molecular formula is C14H12N4O3. The lowest BCUT2D eigenvalue weighted by atomic mass is 10.2. The molecule has 2 aromatic rings. The summed E-state index contributed by atoms with van der Waals surface area (Å²) in [5.74, 6) is 0.121. The van der Waals surface area contributed by atoms with Crippen molar-refractivity contribution in [3.05, 3.63) is 63.5 Å². The fourth-order valence-electron chi connectivity index (χ4n) is 1.76. The van der Waals surface area contributed by atoms with Gasteiger partial charge in [-0.3, -0.25) is 10.1 Å². The highest BCUT2D eigenvalue weighted by molar-refractivity contribution is 5.48. The lowest BCUT2D eigenvalue weighted by Crippen LogP contribution is -2.04. The Hall–Kier alpha value is -2.98. The summed E-state index contributed by atoms with van der Waals surface area (Å²) in [5.41, 5.74) is 6.89. The van der Waals surface area contributed by atoms with E-state index in [1.165, 1.54) is 18.3 Å². The van der Waals surface area contributed by atoms with E-state index in [0.717, 1.165) is 5.56 Å². The molecule has 0 radical (unpaired) electrons. The van der Waals surface area contributed by atoms with E-state index in [4.69, 9.17) is 15.7 Å². The predicted molar refractivity (Wildman–Crippen MR) is 74.3 cm³/mol. The Balaban J connectivity index is 2.27. The van der Waals surface area contributed by atoms with Crippen molar-refractivity contribution < 1.29 is 9.66 Å². The number of pyridine rings is 1. The van der Waals surface area contributed by atoms with Gasteiger partial charge >= 0.3 is 5.69 Å². The van der Waals surface area contributed by atoms with Crippen LogP contribution in [0, 0.1) is 21.4 Å². The third-order valence-electron chi connectivity index (χ3n) is 2.84. The van der Waals surface area contributed by atoms with Crippen molar-refractivity contribution >= 4 is 5.69 Å². The molecule has 0 aliphatic heterocycles. The van der Waals surface area contributed by atoms with E-state index < -0.39 is 4.92 Å². The number of hydrogen-bond donors (Lipinski definition) is 1. The first kappa shape index (κ1) is 14.4. The quantitative estimate of drug-likeness (QED) is 0.662. The van der Waals surface area contributed by atoms with Crippen LogP contribution < -0.4 is 10.5 Å². The predicted octanol–water partition coefficient (Wildman–Crippen LogP) is 1.90. The Morgan fingerprint density at radius 2 is 2.24 bits per heavy atom. The van der Waals surface area contributed by atoms with Gasteiger partial charge in [0.05, 0.1) is 4.92 Å². The molecule has 0 aliphatic rings. The first-order valence-electron chi connectivity index (χ1n) is 6.10. The lowest BCUT2D eigenvalue weighted by molar-refractivity contribution is -0.386. The number of hydrogen-bond acceptors (Lipinski definition) is 6. The fourth-order valence-corrected chi connectivity index (χ4v) is 1.76. The maximum Gasteiger partial charge on any atom is 0.310 e. The zero-order chi connectivity index (χ0) is 15.2. The number of nitro benzene ring substituents is 1. The molecule has 0 aliphatic carbocycles. The van der Waals surface area contributed by atoms with Gasteiger partial charge in [-0.1, -0.05) is 12.1 Å². The van der Waals surface area contributed by atoms with Crippen LogP contribution in [0.15, 0.2) is 36.5 Å². The second-order valence-corrected chi connectivity index (χ2v) is 4.17. The lowest BCUT2D eigenvalue weighted by Gasteiger charge is -2.09. The highest BCUT2D eigenvalue weighted by Gasteiger charge is 2.16. The zero-order valence-corrected chi connectivity index (χ0v) is 11.0. The highest BCUT2D eigenvalue weighted by atomic mass is 16.6. The molecule has 0 unspecified atom stereocenters. The molecule has 1 aromatic heterocycles. The molecule has 0 fully saturated rings. The average Bonchev–Trinajstić information content (AvgIpc) is 2.52. The van der Waals surface area contributed by atoms with E-state index in [0.29, 0.717) is 5.56 Å². The Bertz CT molecular complexity index is 710. The molecule has 2 rings (SSSR count). The first-order chi connectivity index (χ1) is 10.2. The third kappa shape index (κ3) is 3.32. The van der Waals surface area contributed by atoms with Crippen LogP contribution in [0.4, 0.5) is 5.69 Å². The maximum atomic E-state index is 11.0. The Labute approximate surface area is 120 Å². The van der Waals surface area contributed by atoms with E-state index >= 15 is 0 Å². The van der Waals surface area contributed by atoms with Gasteiger partial charge in [-0.25, -0.2) is 4.98 Å². The van der Waals surface area contributed by atoms with Gasteiger partial charge in [-0.15, -0.1) is 0 Å². The van der Waals surface area contributed by atoms with Crippen LogP contribution in [0.2, 0.25) is 0 Å². The van der Waals surface area contributed by atoms with Crippen LogP contribution in [-0.2, 0) is 13.2 Å². The van der Waals surface area contributed by atoms with Gasteiger partial charge in [0.2, 0.25) is 0 Å². The van der Waals surface area contributed by atoms with E-state index in [9.17, 15) is 10.1 Å². The Morgan fingerprint density at radius 3 is 2.90 bits per heavy atom. The molecule has 7 nitrogen and oxygen atoms in total. The summed E-state index contributed by atoms with van der Waals surface area (Å²) in [6.07, 6.45) is 1.50. The van der Waals surface area contributed by atoms with Gasteiger partial charge in [0.15, 0.2) is 5.75 Å². The van der Waals surface area contributed by atoms with Gasteiger partial charge in [-0.2, -0.15) is 5.26 Å². The van der Waals surface area contributed by atoms with Gasteiger partial charge in [0.25, 0.3) is 0 Å². The number of benzene rings is 1. The maximum absolute atomic E-state index is 11.0. The van der Waals surface area contributed by atoms with Crippen molar-refractivity contribution in [3.8, 4) is 11.8 Å². The summed E-state index contributed by atoms with van der Waals surface area (Å²) in [6.45, 7) is 0.274. The van der Waals surface area contributed by atoms with Gasteiger partial charge in [0.1, 0.15) is 18.4 Å². The molecule has 1 aromatic carbocycles. The molecule has 0 amide bonds. The summed E-state index contributed by atoms with van der Waals surface area (Å²) in [7, 11) is 0. The normalized spacial score (nSPS) is 9.90. The van der Waals surface area contributed by atoms with E-state index in [1.807, 2.05) is 6.07 Å². The van der Waals surface area contributed by atoms with Crippen molar-refractivity contribution in [2.75, 3.05) is 0 Å². The van der Waals surface area contributed by atoms with Crippen molar-refractivity contribution in [3.63, 3.8) is 0 Å². The largest absolute Gasteiger partial charge is 0.482 e. The van der Waals surface area contributed by atoms with Crippen LogP contribution in [0.25, 0.3) is 0 Å². The second-order valence-electron chi connectivity index (χ2n) is 4.17. The minimum Gasteiger partial charge on any atom is -0.482 e. The number of nitro groups is 1. The molecule has 0 saturated heterocycles. The molecule has 2 N–H and O–H groups in total. The average molecular weight is 284 g/mol. The van der Waals surface area contributed by atoms with E-state index in [2.05, 4.69) is 4.98 Å². The van der Waals surface area contributed by atoms with Crippen LogP contribution in [0.5, 0.6) is 5.75 Å². The molecule has 1 heterocycles. The van der Waals surface area contributed by atoms with Gasteiger partial charge < -0.3 is 10.5 Å². The molecule has 0 bridgehead atoms. The first-order valence-corrected chi connectivity index (χ1v) is 6.10. The molecular weight excluding hydrogens is 272 g/mol. The van der Waals surface area contributed by atoms with Crippen LogP contribution in [0.1, 0.15) is 16.8 Å². The Morgan fingerprint density at radius 1 is 1.43 bits per heavy atom. The van der Waals surface area contributed by atoms with Crippen LogP contribution in [0.3, 0.4) is 0 Å². The number of aromatic nitrogens is 1. The zero-order valence-electron chi connectivity index (χ0n) is 11.0. The number of nitrogens with two attached hydrogens (primary N) is 1. The minimum absolute atomic E-state index is 0.0194. The summed E-state index contributed by atoms with van der Waals surface area (Å²) in [4.78, 5) is 14.4. The standard InChI is InChI=1S/C14H12N4O3/c15-7-10-3-4-13(18(19)20)14(6-10)21-9-11-2-1-5-17-12(11)8-16/h1-6H,7,9,15H2. The topological polar surface area (TPSA) is 115 Å². The van der Waals surface area contributed by atoms with E-state index in [-0.39, 0.29) is 30.3 Å². The second kappa shape index (κ2) is 6.45. The molecule has 0 spiro atoms. The third-order valence-corrected chi connectivity index (χ3v) is 2.84.